The number of esters is 1. The zero-order chi connectivity index (χ0) is 26.0. The Balaban J connectivity index is 1.32. The number of unbranched alkanes of at least 4 members (excludes halogenated alkanes) is 5. The molecule has 1 N–H and O–H groups in total. The van der Waals surface area contributed by atoms with E-state index >= 15 is 0 Å². The fourth-order valence-electron chi connectivity index (χ4n) is 4.68. The van der Waals surface area contributed by atoms with Crippen LogP contribution in [-0.4, -0.2) is 57.3 Å². The van der Waals surface area contributed by atoms with Crippen LogP contribution in [0.2, 0.25) is 0 Å². The number of carbonyl (C=O) groups excluding carboxylic acids is 2. The van der Waals surface area contributed by atoms with Crippen LogP contribution in [0, 0.1) is 5.41 Å². The number of ether oxygens (including phenoxy) is 2. The van der Waals surface area contributed by atoms with Gasteiger partial charge in [0.1, 0.15) is 11.4 Å². The maximum absolute atomic E-state index is 13.1. The van der Waals surface area contributed by atoms with Crippen molar-refractivity contribution in [3.05, 3.63) is 30.6 Å². The van der Waals surface area contributed by atoms with E-state index < -0.39 is 11.0 Å². The summed E-state index contributed by atoms with van der Waals surface area (Å²) < 4.78 is 11.6. The van der Waals surface area contributed by atoms with Crippen LogP contribution in [0.4, 0.5) is 0 Å². The lowest BCUT2D eigenvalue weighted by Crippen LogP contribution is -2.48. The van der Waals surface area contributed by atoms with E-state index in [4.69, 9.17) is 9.47 Å². The highest BCUT2D eigenvalue weighted by molar-refractivity contribution is 5.78. The molecule has 8 heteroatoms. The van der Waals surface area contributed by atoms with E-state index in [9.17, 15) is 9.59 Å². The van der Waals surface area contributed by atoms with Gasteiger partial charge in [-0.15, -0.1) is 0 Å². The molecule has 0 atom stereocenters. The minimum atomic E-state index is -0.498. The molecule has 0 aliphatic carbocycles. The second-order valence-corrected chi connectivity index (χ2v) is 10.9. The number of nitrogens with zero attached hydrogens (tertiary/aromatic N) is 3. The first-order chi connectivity index (χ1) is 17.2. The van der Waals surface area contributed by atoms with E-state index in [0.717, 1.165) is 62.1 Å². The van der Waals surface area contributed by atoms with Crippen molar-refractivity contribution in [3.63, 3.8) is 0 Å². The predicted molar refractivity (Wildman–Crippen MR) is 139 cm³/mol. The SMILES string of the molecule is CC(=O)N1CCC(CCCCCCCCOc2ccc(-c3ccn[nH]3)nc2)(C(=O)OC(C)(C)C)CC1. The van der Waals surface area contributed by atoms with Crippen LogP contribution < -0.4 is 4.74 Å². The highest BCUT2D eigenvalue weighted by Gasteiger charge is 2.43. The maximum atomic E-state index is 13.1. The quantitative estimate of drug-likeness (QED) is 0.304. The van der Waals surface area contributed by atoms with Crippen molar-refractivity contribution in [1.29, 1.82) is 0 Å². The Morgan fingerprint density at radius 3 is 2.31 bits per heavy atom. The van der Waals surface area contributed by atoms with Crippen molar-refractivity contribution in [3.8, 4) is 17.1 Å². The molecule has 0 spiro atoms. The molecule has 1 amide bonds. The number of hydrogen-bond acceptors (Lipinski definition) is 6. The number of H-pyrrole nitrogens is 1. The zero-order valence-electron chi connectivity index (χ0n) is 22.3. The molecule has 2 aromatic heterocycles. The summed E-state index contributed by atoms with van der Waals surface area (Å²) in [5.74, 6) is 0.767. The van der Waals surface area contributed by atoms with E-state index in [1.165, 1.54) is 0 Å². The second kappa shape index (κ2) is 12.9. The average Bonchev–Trinajstić information content (AvgIpc) is 3.37. The molecule has 3 rings (SSSR count). The van der Waals surface area contributed by atoms with Gasteiger partial charge in [-0.25, -0.2) is 0 Å². The van der Waals surface area contributed by atoms with Gasteiger partial charge in [-0.2, -0.15) is 5.10 Å². The van der Waals surface area contributed by atoms with Crippen LogP contribution in [0.25, 0.3) is 11.4 Å². The molecule has 1 fully saturated rings. The molecule has 0 bridgehead atoms. The van der Waals surface area contributed by atoms with Crippen molar-refractivity contribution >= 4 is 11.9 Å². The van der Waals surface area contributed by atoms with Crippen LogP contribution in [0.15, 0.2) is 30.6 Å². The van der Waals surface area contributed by atoms with E-state index in [2.05, 4.69) is 15.2 Å². The summed E-state index contributed by atoms with van der Waals surface area (Å²) in [6.45, 7) is 9.30. The lowest BCUT2D eigenvalue weighted by Gasteiger charge is -2.41. The molecule has 36 heavy (non-hydrogen) atoms. The molecule has 3 heterocycles. The number of piperidine rings is 1. The number of aromatic nitrogens is 3. The van der Waals surface area contributed by atoms with Gasteiger partial charge in [0.2, 0.25) is 5.91 Å². The Morgan fingerprint density at radius 2 is 1.72 bits per heavy atom. The first kappa shape index (κ1) is 27.7. The molecule has 0 aromatic carbocycles. The molecule has 1 saturated heterocycles. The van der Waals surface area contributed by atoms with Gasteiger partial charge in [0, 0.05) is 26.2 Å². The largest absolute Gasteiger partial charge is 0.492 e. The van der Waals surface area contributed by atoms with Gasteiger partial charge in [-0.3, -0.25) is 19.7 Å². The fourth-order valence-corrected chi connectivity index (χ4v) is 4.68. The standard InChI is InChI=1S/C28H42N4O4/c1-22(33)32-18-15-28(16-19-32,26(34)36-27(2,3)4)14-9-7-5-6-8-10-20-35-23-11-12-24(29-21-23)25-13-17-30-31-25/h11-13,17,21H,5-10,14-16,18-20H2,1-4H3,(H,30,31). The number of likely N-dealkylation sites (tertiary alicyclic amines) is 1. The minimum absolute atomic E-state index is 0.0826. The normalized spacial score (nSPS) is 15.5. The number of carbonyl (C=O) groups is 2. The molecule has 1 aliphatic heterocycles. The van der Waals surface area contributed by atoms with Crippen LogP contribution >= 0.6 is 0 Å². The van der Waals surface area contributed by atoms with Gasteiger partial charge in [0.25, 0.3) is 0 Å². The molecule has 1 aliphatic rings. The summed E-state index contributed by atoms with van der Waals surface area (Å²) in [6, 6.07) is 5.75. The maximum Gasteiger partial charge on any atom is 0.312 e. The summed E-state index contributed by atoms with van der Waals surface area (Å²) in [4.78, 5) is 31.1. The van der Waals surface area contributed by atoms with Gasteiger partial charge in [0.05, 0.1) is 29.6 Å². The van der Waals surface area contributed by atoms with Crippen molar-refractivity contribution in [2.75, 3.05) is 19.7 Å². The lowest BCUT2D eigenvalue weighted by atomic mass is 9.74. The van der Waals surface area contributed by atoms with E-state index in [-0.39, 0.29) is 11.9 Å². The highest BCUT2D eigenvalue weighted by atomic mass is 16.6. The number of aromatic amines is 1. The Hall–Kier alpha value is -2.90. The topological polar surface area (TPSA) is 97.4 Å². The molecule has 8 nitrogen and oxygen atoms in total. The fraction of sp³-hybridized carbons (Fsp3) is 0.643. The Labute approximate surface area is 215 Å². The van der Waals surface area contributed by atoms with Gasteiger partial charge >= 0.3 is 5.97 Å². The third kappa shape index (κ3) is 8.35. The zero-order valence-corrected chi connectivity index (χ0v) is 22.3. The van der Waals surface area contributed by atoms with Crippen molar-refractivity contribution < 1.29 is 19.1 Å². The Kier molecular flexibility index (Phi) is 9.90. The molecule has 0 saturated carbocycles. The van der Waals surface area contributed by atoms with Crippen LogP contribution in [0.3, 0.4) is 0 Å². The molecular weight excluding hydrogens is 456 g/mol. The highest BCUT2D eigenvalue weighted by Crippen LogP contribution is 2.39. The summed E-state index contributed by atoms with van der Waals surface area (Å²) in [5, 5.41) is 6.85. The third-order valence-corrected chi connectivity index (χ3v) is 6.83. The first-order valence-electron chi connectivity index (χ1n) is 13.3. The number of amides is 1. The van der Waals surface area contributed by atoms with Crippen LogP contribution in [-0.2, 0) is 14.3 Å². The van der Waals surface area contributed by atoms with Gasteiger partial charge in [0.15, 0.2) is 0 Å². The van der Waals surface area contributed by atoms with E-state index in [0.29, 0.717) is 32.5 Å². The molecule has 198 valence electrons. The molecular formula is C28H42N4O4. The van der Waals surface area contributed by atoms with E-state index in [1.54, 1.807) is 19.3 Å². The van der Waals surface area contributed by atoms with E-state index in [1.807, 2.05) is 43.9 Å². The van der Waals surface area contributed by atoms with Crippen molar-refractivity contribution in [2.24, 2.45) is 5.41 Å². The number of hydrogen-bond donors (Lipinski definition) is 1. The number of pyridine rings is 1. The lowest BCUT2D eigenvalue weighted by molar-refractivity contribution is -0.172. The number of nitrogens with one attached hydrogen (secondary N) is 1. The molecule has 2 aromatic rings. The first-order valence-corrected chi connectivity index (χ1v) is 13.3. The summed E-state index contributed by atoms with van der Waals surface area (Å²) >= 11 is 0. The van der Waals surface area contributed by atoms with Crippen LogP contribution in [0.5, 0.6) is 5.75 Å². The van der Waals surface area contributed by atoms with Crippen LogP contribution in [0.1, 0.15) is 85.5 Å². The molecule has 0 radical (unpaired) electrons. The minimum Gasteiger partial charge on any atom is -0.492 e. The second-order valence-electron chi connectivity index (χ2n) is 10.9. The van der Waals surface area contributed by atoms with Gasteiger partial charge in [-0.1, -0.05) is 32.1 Å². The van der Waals surface area contributed by atoms with Crippen molar-refractivity contribution in [1.82, 2.24) is 20.1 Å². The summed E-state index contributed by atoms with van der Waals surface area (Å²) in [6.07, 6.45) is 12.2. The smallest absolute Gasteiger partial charge is 0.312 e. The summed E-state index contributed by atoms with van der Waals surface area (Å²) in [7, 11) is 0. The Bertz CT molecular complexity index is 943. The monoisotopic (exact) mass is 498 g/mol. The molecule has 0 unspecified atom stereocenters. The summed E-state index contributed by atoms with van der Waals surface area (Å²) in [5.41, 5.74) is 0.771. The predicted octanol–water partition coefficient (Wildman–Crippen LogP) is 5.55. The third-order valence-electron chi connectivity index (χ3n) is 6.83. The number of rotatable bonds is 12. The van der Waals surface area contributed by atoms with Gasteiger partial charge in [-0.05, 0) is 64.7 Å². The Morgan fingerprint density at radius 1 is 1.03 bits per heavy atom. The van der Waals surface area contributed by atoms with Gasteiger partial charge < -0.3 is 14.4 Å². The average molecular weight is 499 g/mol. The van der Waals surface area contributed by atoms with Crippen molar-refractivity contribution in [2.45, 2.75) is 91.1 Å².